The van der Waals surface area contributed by atoms with Crippen molar-refractivity contribution in [3.05, 3.63) is 35.9 Å². The summed E-state index contributed by atoms with van der Waals surface area (Å²) in [7, 11) is 0. The number of ketones is 1. The number of carbonyl (C=O) groups is 5. The van der Waals surface area contributed by atoms with Gasteiger partial charge in [-0.25, -0.2) is 0 Å². The Bertz CT molecular complexity index is 1090. The Morgan fingerprint density at radius 3 is 2.57 bits per heavy atom. The summed E-state index contributed by atoms with van der Waals surface area (Å²) >= 11 is 0. The average molecular weight is 511 g/mol. The molecule has 0 bridgehead atoms. The Kier molecular flexibility index (Phi) is 7.02. The summed E-state index contributed by atoms with van der Waals surface area (Å²) in [6, 6.07) is 7.32. The Morgan fingerprint density at radius 1 is 1.14 bits per heavy atom. The molecule has 37 heavy (non-hydrogen) atoms. The summed E-state index contributed by atoms with van der Waals surface area (Å²) in [6.07, 6.45) is 3.84. The minimum absolute atomic E-state index is 0.0477. The van der Waals surface area contributed by atoms with Crippen LogP contribution in [-0.4, -0.2) is 71.2 Å². The highest BCUT2D eigenvalue weighted by atomic mass is 16.3. The van der Waals surface area contributed by atoms with E-state index >= 15 is 0 Å². The van der Waals surface area contributed by atoms with Gasteiger partial charge in [0.1, 0.15) is 18.2 Å². The highest BCUT2D eigenvalue weighted by Crippen LogP contribution is 2.45. The van der Waals surface area contributed by atoms with Crippen LogP contribution in [0.4, 0.5) is 0 Å². The van der Waals surface area contributed by atoms with E-state index in [0.717, 1.165) is 19.3 Å². The lowest BCUT2D eigenvalue weighted by atomic mass is 9.86. The van der Waals surface area contributed by atoms with E-state index in [2.05, 4.69) is 16.0 Å². The van der Waals surface area contributed by atoms with Crippen molar-refractivity contribution in [3.63, 3.8) is 0 Å². The third kappa shape index (κ3) is 4.63. The zero-order valence-electron chi connectivity index (χ0n) is 20.8. The lowest BCUT2D eigenvalue weighted by Crippen LogP contribution is -2.59. The number of amides is 4. The number of aliphatic hydroxyl groups excluding tert-OH is 1. The van der Waals surface area contributed by atoms with Crippen molar-refractivity contribution < 1.29 is 29.1 Å². The summed E-state index contributed by atoms with van der Waals surface area (Å²) in [4.78, 5) is 66.6. The summed E-state index contributed by atoms with van der Waals surface area (Å²) in [6.45, 7) is 0.177. The molecule has 4 fully saturated rings. The number of Topliss-reactive ketones (excluding diaryl/α,β-unsaturated/α-hetero) is 1. The topological polar surface area (TPSA) is 145 Å². The molecular formula is C27H34N4O6. The molecule has 0 spiro atoms. The predicted molar refractivity (Wildman–Crippen MR) is 132 cm³/mol. The molecule has 6 atom stereocenters. The van der Waals surface area contributed by atoms with E-state index < -0.39 is 41.8 Å². The molecule has 4 amide bonds. The second kappa shape index (κ2) is 10.2. The van der Waals surface area contributed by atoms with Gasteiger partial charge in [-0.2, -0.15) is 0 Å². The van der Waals surface area contributed by atoms with Crippen molar-refractivity contribution in [2.45, 2.75) is 62.6 Å². The van der Waals surface area contributed by atoms with E-state index in [9.17, 15) is 29.1 Å². The number of fused-ring (bicyclic) bond motifs is 1. The van der Waals surface area contributed by atoms with Gasteiger partial charge >= 0.3 is 0 Å². The van der Waals surface area contributed by atoms with Crippen LogP contribution in [0.1, 0.15) is 50.5 Å². The zero-order valence-corrected chi connectivity index (χ0v) is 20.8. The lowest BCUT2D eigenvalue weighted by molar-refractivity contribution is -0.146. The lowest BCUT2D eigenvalue weighted by Gasteiger charge is -2.36. The molecule has 198 valence electrons. The maximum atomic E-state index is 14.2. The van der Waals surface area contributed by atoms with Crippen molar-refractivity contribution in [2.75, 3.05) is 19.7 Å². The molecule has 0 unspecified atom stereocenters. The highest BCUT2D eigenvalue weighted by Gasteiger charge is 2.56. The molecule has 10 nitrogen and oxygen atoms in total. The van der Waals surface area contributed by atoms with E-state index in [4.69, 9.17) is 0 Å². The van der Waals surface area contributed by atoms with Gasteiger partial charge in [-0.15, -0.1) is 0 Å². The molecule has 4 aliphatic rings. The molecular weight excluding hydrogens is 476 g/mol. The van der Waals surface area contributed by atoms with Crippen molar-refractivity contribution in [3.8, 4) is 0 Å². The Labute approximate surface area is 215 Å². The number of hydrogen-bond donors (Lipinski definition) is 4. The van der Waals surface area contributed by atoms with Crippen LogP contribution in [0.2, 0.25) is 0 Å². The number of benzene rings is 1. The summed E-state index contributed by atoms with van der Waals surface area (Å²) in [5.41, 5.74) is -0.555. The first-order chi connectivity index (χ1) is 17.8. The number of hydrogen-bond acceptors (Lipinski definition) is 6. The van der Waals surface area contributed by atoms with Crippen LogP contribution in [0.5, 0.6) is 0 Å². The Hall–Kier alpha value is -3.27. The predicted octanol–water partition coefficient (Wildman–Crippen LogP) is -0.00860. The second-order valence-electron chi connectivity index (χ2n) is 10.8. The molecule has 4 N–H and O–H groups in total. The number of nitrogens with zero attached hydrogens (tertiary/aromatic N) is 1. The first kappa shape index (κ1) is 25.4. The highest BCUT2D eigenvalue weighted by molar-refractivity contribution is 5.99. The van der Waals surface area contributed by atoms with Gasteiger partial charge in [-0.05, 0) is 49.5 Å². The molecule has 1 aliphatic carbocycles. The van der Waals surface area contributed by atoms with Crippen LogP contribution >= 0.6 is 0 Å². The van der Waals surface area contributed by atoms with Crippen LogP contribution in [0.15, 0.2) is 30.3 Å². The average Bonchev–Trinajstić information content (AvgIpc) is 3.68. The van der Waals surface area contributed by atoms with Gasteiger partial charge in [-0.1, -0.05) is 36.8 Å². The summed E-state index contributed by atoms with van der Waals surface area (Å²) < 4.78 is 0. The van der Waals surface area contributed by atoms with Crippen LogP contribution in [-0.2, 0) is 29.5 Å². The third-order valence-electron chi connectivity index (χ3n) is 8.68. The minimum Gasteiger partial charge on any atom is -0.389 e. The Morgan fingerprint density at radius 2 is 1.92 bits per heavy atom. The number of aliphatic hydroxyl groups is 1. The van der Waals surface area contributed by atoms with Crippen molar-refractivity contribution >= 4 is 29.4 Å². The fourth-order valence-corrected chi connectivity index (χ4v) is 6.78. The monoisotopic (exact) mass is 510 g/mol. The van der Waals surface area contributed by atoms with Crippen molar-refractivity contribution in [2.24, 2.45) is 17.8 Å². The second-order valence-corrected chi connectivity index (χ2v) is 10.8. The molecule has 0 aromatic heterocycles. The van der Waals surface area contributed by atoms with Gasteiger partial charge < -0.3 is 26.0 Å². The van der Waals surface area contributed by atoms with Crippen LogP contribution in [0.3, 0.4) is 0 Å². The molecule has 1 saturated carbocycles. The van der Waals surface area contributed by atoms with Gasteiger partial charge in [0.2, 0.25) is 17.7 Å². The molecule has 1 aromatic rings. The van der Waals surface area contributed by atoms with Crippen molar-refractivity contribution in [1.29, 1.82) is 0 Å². The van der Waals surface area contributed by atoms with E-state index in [-0.39, 0.29) is 42.4 Å². The smallest absolute Gasteiger partial charge is 0.253 e. The quantitative estimate of drug-likeness (QED) is 0.387. The largest absolute Gasteiger partial charge is 0.389 e. The van der Waals surface area contributed by atoms with Gasteiger partial charge in [-0.3, -0.25) is 24.0 Å². The van der Waals surface area contributed by atoms with E-state index in [1.807, 2.05) is 30.3 Å². The van der Waals surface area contributed by atoms with Gasteiger partial charge in [0.15, 0.2) is 5.78 Å². The molecule has 1 aromatic carbocycles. The van der Waals surface area contributed by atoms with Gasteiger partial charge in [0.25, 0.3) is 5.91 Å². The Balaban J connectivity index is 1.42. The van der Waals surface area contributed by atoms with Crippen LogP contribution < -0.4 is 16.0 Å². The first-order valence-corrected chi connectivity index (χ1v) is 13.2. The number of nitrogens with one attached hydrogen (secondary N) is 3. The van der Waals surface area contributed by atoms with Crippen molar-refractivity contribution in [1.82, 2.24) is 20.9 Å². The van der Waals surface area contributed by atoms with Crippen LogP contribution in [0, 0.1) is 17.8 Å². The molecule has 5 rings (SSSR count). The molecule has 0 radical (unpaired) electrons. The number of likely N-dealkylation sites (tertiary alicyclic amines) is 1. The standard InChI is InChI=1S/C27H34N4O6/c32-15-21(33)20(13-16-10-12-28-24(16)35)29-25(36)23-19-8-4-5-17(19)14-31(23)26(37)27(11-9-22(34)30-27)18-6-2-1-3-7-18/h1-3,6-7,16-17,19-20,23,32H,4-5,8-15H2,(H,28,35)(H,29,36)(H,30,34)/t16-,17-,19-,20+,23-,27+/m1/s1. The number of rotatable bonds is 8. The molecule has 3 heterocycles. The zero-order chi connectivity index (χ0) is 26.2. The maximum Gasteiger partial charge on any atom is 0.253 e. The fourth-order valence-electron chi connectivity index (χ4n) is 6.78. The minimum atomic E-state index is -1.24. The fraction of sp³-hybridized carbons (Fsp3) is 0.593. The normalized spacial score (nSPS) is 31.5. The SMILES string of the molecule is O=C1CC[C@@](C(=O)N2C[C@H]3CCC[C@H]3[C@@H]2C(=O)N[C@@H](C[C@H]2CCNC2=O)C(=O)CO)(c2ccccc2)N1. The summed E-state index contributed by atoms with van der Waals surface area (Å²) in [5.74, 6) is -1.99. The molecule has 3 saturated heterocycles. The molecule has 3 aliphatic heterocycles. The molecule has 10 heteroatoms. The number of carbonyl (C=O) groups excluding carboxylic acids is 5. The first-order valence-electron chi connectivity index (χ1n) is 13.2. The van der Waals surface area contributed by atoms with E-state index in [1.165, 1.54) is 0 Å². The van der Waals surface area contributed by atoms with E-state index in [1.54, 1.807) is 4.90 Å². The van der Waals surface area contributed by atoms with Gasteiger partial charge in [0.05, 0.1) is 6.04 Å². The summed E-state index contributed by atoms with van der Waals surface area (Å²) in [5, 5.41) is 18.0. The van der Waals surface area contributed by atoms with Gasteiger partial charge in [0, 0.05) is 25.4 Å². The third-order valence-corrected chi connectivity index (χ3v) is 8.68. The maximum absolute atomic E-state index is 14.2. The van der Waals surface area contributed by atoms with Crippen LogP contribution in [0.25, 0.3) is 0 Å². The van der Waals surface area contributed by atoms with E-state index in [0.29, 0.717) is 31.5 Å².